The van der Waals surface area contributed by atoms with E-state index in [-0.39, 0.29) is 5.97 Å². The van der Waals surface area contributed by atoms with Gasteiger partial charge in [0, 0.05) is 14.2 Å². The highest BCUT2D eigenvalue weighted by atomic mass is 28.3. The van der Waals surface area contributed by atoms with E-state index in [1.807, 2.05) is 20.8 Å². The van der Waals surface area contributed by atoms with E-state index in [0.29, 0.717) is 0 Å². The molecule has 0 aliphatic carbocycles. The van der Waals surface area contributed by atoms with Crippen LogP contribution >= 0.6 is 0 Å². The van der Waals surface area contributed by atoms with Crippen molar-refractivity contribution in [2.45, 2.75) is 27.2 Å². The van der Waals surface area contributed by atoms with Crippen molar-refractivity contribution in [3.8, 4) is 0 Å². The summed E-state index contributed by atoms with van der Waals surface area (Å²) in [7, 11) is 0.744. The van der Waals surface area contributed by atoms with Gasteiger partial charge in [-0.15, -0.1) is 0 Å². The van der Waals surface area contributed by atoms with Crippen molar-refractivity contribution in [3.05, 3.63) is 0 Å². The summed E-state index contributed by atoms with van der Waals surface area (Å²) >= 11 is 0. The summed E-state index contributed by atoms with van der Waals surface area (Å²) in [5, 5.41) is 0. The van der Waals surface area contributed by atoms with Gasteiger partial charge < -0.3 is 13.3 Å². The molecule has 0 aromatic rings. The van der Waals surface area contributed by atoms with E-state index in [2.05, 4.69) is 0 Å². The van der Waals surface area contributed by atoms with Gasteiger partial charge in [0.2, 0.25) is 0 Å². The smallest absolute Gasteiger partial charge is 0.475 e. The minimum atomic E-state index is -2.21. The maximum atomic E-state index is 11.5. The van der Waals surface area contributed by atoms with Gasteiger partial charge in [0.05, 0.1) is 5.41 Å². The Morgan fingerprint density at radius 3 is 2.08 bits per heavy atom. The lowest BCUT2D eigenvalue weighted by Gasteiger charge is -2.22. The fourth-order valence-electron chi connectivity index (χ4n) is 0.584. The molecular formula is C8H18O4Si. The molecule has 78 valence electrons. The molecule has 0 radical (unpaired) electrons. The van der Waals surface area contributed by atoms with E-state index < -0.39 is 14.9 Å². The molecule has 0 fully saturated rings. The van der Waals surface area contributed by atoms with Gasteiger partial charge in [0.25, 0.3) is 0 Å². The zero-order chi connectivity index (χ0) is 10.5. The molecule has 4 nitrogen and oxygen atoms in total. The zero-order valence-electron chi connectivity index (χ0n) is 8.92. The van der Waals surface area contributed by atoms with E-state index in [4.69, 9.17) is 13.3 Å². The molecule has 0 aliphatic heterocycles. The molecule has 0 unspecified atom stereocenters. The third-order valence-corrected chi connectivity index (χ3v) is 3.20. The van der Waals surface area contributed by atoms with Crippen LogP contribution in [-0.2, 0) is 18.1 Å². The van der Waals surface area contributed by atoms with Crippen molar-refractivity contribution in [3.63, 3.8) is 0 Å². The number of carbonyl (C=O) groups is 1. The largest absolute Gasteiger partial charge is 0.550 e. The second-order valence-corrected chi connectivity index (χ2v) is 5.16. The van der Waals surface area contributed by atoms with Crippen molar-refractivity contribution >= 4 is 15.5 Å². The molecule has 0 aromatic heterocycles. The summed E-state index contributed by atoms with van der Waals surface area (Å²) in [6.07, 6.45) is 0.736. The number of rotatable bonds is 5. The second kappa shape index (κ2) is 5.36. The lowest BCUT2D eigenvalue weighted by molar-refractivity contribution is -0.147. The fraction of sp³-hybridized carbons (Fsp3) is 0.875. The molecule has 0 amide bonds. The maximum absolute atomic E-state index is 11.5. The average Bonchev–Trinajstić information content (AvgIpc) is 2.13. The van der Waals surface area contributed by atoms with Gasteiger partial charge in [-0.2, -0.15) is 0 Å². The van der Waals surface area contributed by atoms with E-state index in [1.165, 1.54) is 14.2 Å². The lowest BCUT2D eigenvalue weighted by Crippen LogP contribution is -2.34. The first-order valence-corrected chi connectivity index (χ1v) is 5.66. The van der Waals surface area contributed by atoms with Gasteiger partial charge in [-0.3, -0.25) is 4.79 Å². The van der Waals surface area contributed by atoms with Crippen LogP contribution in [0.3, 0.4) is 0 Å². The van der Waals surface area contributed by atoms with Gasteiger partial charge >= 0.3 is 15.5 Å². The lowest BCUT2D eigenvalue weighted by atomic mass is 9.91. The predicted octanol–water partition coefficient (Wildman–Crippen LogP) is 0.976. The summed E-state index contributed by atoms with van der Waals surface area (Å²) in [5.41, 5.74) is -0.456. The Labute approximate surface area is 81.1 Å². The first-order chi connectivity index (χ1) is 5.97. The van der Waals surface area contributed by atoms with Crippen LogP contribution in [0.2, 0.25) is 0 Å². The average molecular weight is 206 g/mol. The fourth-order valence-corrected chi connectivity index (χ4v) is 1.46. The quantitative estimate of drug-likeness (QED) is 0.629. The highest BCUT2D eigenvalue weighted by molar-refractivity contribution is 6.39. The normalized spacial score (nSPS) is 11.8. The molecule has 5 heteroatoms. The van der Waals surface area contributed by atoms with Gasteiger partial charge in [0.15, 0.2) is 0 Å². The Kier molecular flexibility index (Phi) is 5.20. The van der Waals surface area contributed by atoms with Crippen LogP contribution in [0.5, 0.6) is 0 Å². The molecular weight excluding hydrogens is 188 g/mol. The van der Waals surface area contributed by atoms with Gasteiger partial charge in [-0.05, 0) is 20.3 Å². The number of hydrogen-bond donors (Lipinski definition) is 0. The molecule has 13 heavy (non-hydrogen) atoms. The molecule has 0 bridgehead atoms. The van der Waals surface area contributed by atoms with Crippen molar-refractivity contribution < 1.29 is 18.1 Å². The van der Waals surface area contributed by atoms with Crippen LogP contribution in [0.25, 0.3) is 0 Å². The highest BCUT2D eigenvalue weighted by Gasteiger charge is 2.30. The molecule has 0 saturated heterocycles. The molecule has 0 rings (SSSR count). The Bertz CT molecular complexity index is 166. The molecule has 0 spiro atoms. The summed E-state index contributed by atoms with van der Waals surface area (Å²) in [5.74, 6) is -0.254. The Morgan fingerprint density at radius 1 is 1.31 bits per heavy atom. The van der Waals surface area contributed by atoms with Crippen LogP contribution in [0.1, 0.15) is 27.2 Å². The van der Waals surface area contributed by atoms with Gasteiger partial charge in [-0.1, -0.05) is 6.92 Å². The summed E-state index contributed by atoms with van der Waals surface area (Å²) in [6.45, 7) is 5.62. The Hall–Kier alpha value is -0.393. The highest BCUT2D eigenvalue weighted by Crippen LogP contribution is 2.21. The summed E-state index contributed by atoms with van der Waals surface area (Å²) in [6, 6.07) is 0. The third kappa shape index (κ3) is 3.88. The molecule has 0 N–H and O–H groups in total. The van der Waals surface area contributed by atoms with Crippen molar-refractivity contribution in [1.29, 1.82) is 0 Å². The van der Waals surface area contributed by atoms with E-state index in [0.717, 1.165) is 6.42 Å². The maximum Gasteiger partial charge on any atom is 0.550 e. The Balaban J connectivity index is 4.13. The van der Waals surface area contributed by atoms with Crippen LogP contribution in [0.4, 0.5) is 0 Å². The minimum absolute atomic E-state index is 0.254. The molecule has 0 saturated carbocycles. The topological polar surface area (TPSA) is 44.8 Å². The van der Waals surface area contributed by atoms with Crippen molar-refractivity contribution in [2.24, 2.45) is 5.41 Å². The third-order valence-electron chi connectivity index (χ3n) is 2.02. The Morgan fingerprint density at radius 2 is 1.77 bits per heavy atom. The first-order valence-electron chi connectivity index (χ1n) is 4.24. The van der Waals surface area contributed by atoms with Gasteiger partial charge in [0.1, 0.15) is 0 Å². The first kappa shape index (κ1) is 12.6. The zero-order valence-corrected chi connectivity index (χ0v) is 10.1. The standard InChI is InChI=1S/C8H18O4Si/c1-6-8(2,3)7(9)12-13(10-4)11-5/h13H,6H2,1-5H3. The van der Waals surface area contributed by atoms with Gasteiger partial charge in [-0.25, -0.2) is 0 Å². The summed E-state index contributed by atoms with van der Waals surface area (Å²) < 4.78 is 14.8. The number of hydrogen-bond acceptors (Lipinski definition) is 4. The SMILES string of the molecule is CCC(C)(C)C(=O)O[SiH](OC)OC. The van der Waals surface area contributed by atoms with Crippen LogP contribution in [0.15, 0.2) is 0 Å². The second-order valence-electron chi connectivity index (χ2n) is 3.40. The minimum Gasteiger partial charge on any atom is -0.475 e. The van der Waals surface area contributed by atoms with Crippen LogP contribution in [-0.4, -0.2) is 29.7 Å². The van der Waals surface area contributed by atoms with E-state index in [1.54, 1.807) is 0 Å². The molecule has 0 atom stereocenters. The van der Waals surface area contributed by atoms with Crippen molar-refractivity contribution in [2.75, 3.05) is 14.2 Å². The summed E-state index contributed by atoms with van der Waals surface area (Å²) in [4.78, 5) is 11.5. The molecule has 0 aromatic carbocycles. The molecule has 0 aliphatic rings. The van der Waals surface area contributed by atoms with Crippen LogP contribution in [0, 0.1) is 5.41 Å². The van der Waals surface area contributed by atoms with E-state index in [9.17, 15) is 4.79 Å². The van der Waals surface area contributed by atoms with Crippen molar-refractivity contribution in [1.82, 2.24) is 0 Å². The predicted molar refractivity (Wildman–Crippen MR) is 51.3 cm³/mol. The number of carbonyl (C=O) groups excluding carboxylic acids is 1. The van der Waals surface area contributed by atoms with E-state index >= 15 is 0 Å². The monoisotopic (exact) mass is 206 g/mol. The van der Waals surface area contributed by atoms with Crippen LogP contribution < -0.4 is 0 Å². The molecule has 0 heterocycles.